The molecule has 3 rings (SSSR count). The molecule has 1 heterocycles. The summed E-state index contributed by atoms with van der Waals surface area (Å²) in [5.74, 6) is 2.14. The van der Waals surface area contributed by atoms with Gasteiger partial charge in [-0.3, -0.25) is 9.79 Å². The van der Waals surface area contributed by atoms with Crippen LogP contribution in [-0.4, -0.2) is 39.7 Å². The van der Waals surface area contributed by atoms with Gasteiger partial charge >= 0.3 is 0 Å². The van der Waals surface area contributed by atoms with Gasteiger partial charge in [0.15, 0.2) is 23.2 Å². The van der Waals surface area contributed by atoms with Gasteiger partial charge in [0.1, 0.15) is 0 Å². The Bertz CT molecular complexity index is 1030. The normalized spacial score (nSPS) is 11.0. The van der Waals surface area contributed by atoms with Crippen LogP contribution in [0.3, 0.4) is 0 Å². The van der Waals surface area contributed by atoms with Gasteiger partial charge in [-0.05, 0) is 53.9 Å². The molecule has 8 heteroatoms. The fraction of sp³-hybridized carbons (Fsp3) is 0.250. The van der Waals surface area contributed by atoms with E-state index in [1.54, 1.807) is 33.4 Å². The van der Waals surface area contributed by atoms with Crippen LogP contribution >= 0.6 is 0 Å². The third-order valence-corrected chi connectivity index (χ3v) is 4.79. The Balaban J connectivity index is 1.44. The zero-order chi connectivity index (χ0) is 22.8. The second-order valence-corrected chi connectivity index (χ2v) is 6.92. The molecule has 3 N–H and O–H groups in total. The van der Waals surface area contributed by atoms with E-state index in [0.29, 0.717) is 30.5 Å². The SMILES string of the molecule is CN=C(NCCc1ccc(OC)c(OC)c1)NCc1ccc(NC(=O)c2ccco2)cc1. The van der Waals surface area contributed by atoms with Crippen molar-refractivity contribution in [3.8, 4) is 11.5 Å². The van der Waals surface area contributed by atoms with E-state index >= 15 is 0 Å². The highest BCUT2D eigenvalue weighted by Gasteiger charge is 2.08. The molecule has 0 saturated heterocycles. The van der Waals surface area contributed by atoms with Crippen molar-refractivity contribution in [3.05, 3.63) is 77.7 Å². The van der Waals surface area contributed by atoms with Crippen LogP contribution in [0.15, 0.2) is 70.3 Å². The Morgan fingerprint density at radius 2 is 1.72 bits per heavy atom. The quantitative estimate of drug-likeness (QED) is 0.351. The fourth-order valence-corrected chi connectivity index (χ4v) is 3.07. The molecular formula is C24H28N4O4. The topological polar surface area (TPSA) is 97.1 Å². The number of hydrogen-bond donors (Lipinski definition) is 3. The second-order valence-electron chi connectivity index (χ2n) is 6.92. The van der Waals surface area contributed by atoms with E-state index in [2.05, 4.69) is 20.9 Å². The molecule has 0 aliphatic carbocycles. The van der Waals surface area contributed by atoms with E-state index in [9.17, 15) is 4.79 Å². The van der Waals surface area contributed by atoms with Crippen molar-refractivity contribution >= 4 is 17.6 Å². The lowest BCUT2D eigenvalue weighted by molar-refractivity contribution is 0.0996. The predicted molar refractivity (Wildman–Crippen MR) is 125 cm³/mol. The van der Waals surface area contributed by atoms with Gasteiger partial charge in [-0.15, -0.1) is 0 Å². The van der Waals surface area contributed by atoms with Gasteiger partial charge in [0.25, 0.3) is 5.91 Å². The van der Waals surface area contributed by atoms with Gasteiger partial charge in [-0.1, -0.05) is 18.2 Å². The smallest absolute Gasteiger partial charge is 0.291 e. The minimum atomic E-state index is -0.278. The van der Waals surface area contributed by atoms with E-state index in [0.717, 1.165) is 23.3 Å². The second kappa shape index (κ2) is 11.5. The van der Waals surface area contributed by atoms with Crippen molar-refractivity contribution in [2.24, 2.45) is 4.99 Å². The Hall–Kier alpha value is -3.94. The average molecular weight is 437 g/mol. The first-order valence-electron chi connectivity index (χ1n) is 10.2. The molecular weight excluding hydrogens is 408 g/mol. The lowest BCUT2D eigenvalue weighted by Gasteiger charge is -2.13. The third-order valence-electron chi connectivity index (χ3n) is 4.79. The number of anilines is 1. The maximum Gasteiger partial charge on any atom is 0.291 e. The van der Waals surface area contributed by atoms with Gasteiger partial charge in [0.05, 0.1) is 20.5 Å². The lowest BCUT2D eigenvalue weighted by atomic mass is 10.1. The van der Waals surface area contributed by atoms with E-state index in [-0.39, 0.29) is 11.7 Å². The summed E-state index contributed by atoms with van der Waals surface area (Å²) in [5.41, 5.74) is 2.90. The predicted octanol–water partition coefficient (Wildman–Crippen LogP) is 3.46. The molecule has 0 aliphatic rings. The molecule has 1 aromatic heterocycles. The van der Waals surface area contributed by atoms with Crippen molar-refractivity contribution in [2.75, 3.05) is 33.1 Å². The summed E-state index contributed by atoms with van der Waals surface area (Å²) in [6, 6.07) is 16.8. The molecule has 168 valence electrons. The van der Waals surface area contributed by atoms with Crippen LogP contribution in [0.1, 0.15) is 21.7 Å². The van der Waals surface area contributed by atoms with Crippen LogP contribution in [0.25, 0.3) is 0 Å². The first-order valence-corrected chi connectivity index (χ1v) is 10.2. The van der Waals surface area contributed by atoms with E-state index < -0.39 is 0 Å². The van der Waals surface area contributed by atoms with Crippen molar-refractivity contribution in [3.63, 3.8) is 0 Å². The maximum absolute atomic E-state index is 12.0. The molecule has 2 aromatic carbocycles. The fourth-order valence-electron chi connectivity index (χ4n) is 3.07. The molecule has 0 bridgehead atoms. The number of aliphatic imine (C=N–C) groups is 1. The molecule has 1 amide bonds. The van der Waals surface area contributed by atoms with Gasteiger partial charge in [-0.25, -0.2) is 0 Å². The summed E-state index contributed by atoms with van der Waals surface area (Å²) < 4.78 is 15.7. The molecule has 0 saturated carbocycles. The van der Waals surface area contributed by atoms with Gasteiger partial charge in [-0.2, -0.15) is 0 Å². The Labute approximate surface area is 187 Å². The minimum Gasteiger partial charge on any atom is -0.493 e. The van der Waals surface area contributed by atoms with Gasteiger partial charge < -0.3 is 29.8 Å². The van der Waals surface area contributed by atoms with Crippen LogP contribution in [0.5, 0.6) is 11.5 Å². The van der Waals surface area contributed by atoms with Crippen LogP contribution in [0, 0.1) is 0 Å². The molecule has 32 heavy (non-hydrogen) atoms. The van der Waals surface area contributed by atoms with Crippen LogP contribution in [0.2, 0.25) is 0 Å². The summed E-state index contributed by atoms with van der Waals surface area (Å²) in [4.78, 5) is 16.3. The number of rotatable bonds is 9. The van der Waals surface area contributed by atoms with Crippen molar-refractivity contribution < 1.29 is 18.7 Å². The van der Waals surface area contributed by atoms with Crippen LogP contribution < -0.4 is 25.4 Å². The maximum atomic E-state index is 12.0. The van der Waals surface area contributed by atoms with E-state index in [1.165, 1.54) is 6.26 Å². The number of carbonyl (C=O) groups is 1. The highest BCUT2D eigenvalue weighted by atomic mass is 16.5. The number of furan rings is 1. The average Bonchev–Trinajstić information content (AvgIpc) is 3.37. The third kappa shape index (κ3) is 6.28. The zero-order valence-electron chi connectivity index (χ0n) is 18.5. The molecule has 0 atom stereocenters. The van der Waals surface area contributed by atoms with E-state index in [4.69, 9.17) is 13.9 Å². The largest absolute Gasteiger partial charge is 0.493 e. The number of amides is 1. The van der Waals surface area contributed by atoms with E-state index in [1.807, 2.05) is 42.5 Å². The zero-order valence-corrected chi connectivity index (χ0v) is 18.5. The number of guanidine groups is 1. The van der Waals surface area contributed by atoms with Crippen molar-refractivity contribution in [1.29, 1.82) is 0 Å². The van der Waals surface area contributed by atoms with Crippen LogP contribution in [-0.2, 0) is 13.0 Å². The number of nitrogens with one attached hydrogen (secondary N) is 3. The lowest BCUT2D eigenvalue weighted by Crippen LogP contribution is -2.37. The highest BCUT2D eigenvalue weighted by molar-refractivity contribution is 6.02. The Morgan fingerprint density at radius 3 is 2.38 bits per heavy atom. The van der Waals surface area contributed by atoms with Crippen molar-refractivity contribution in [2.45, 2.75) is 13.0 Å². The number of methoxy groups -OCH3 is 2. The first-order chi connectivity index (χ1) is 15.6. The molecule has 0 fully saturated rings. The number of hydrogen-bond acceptors (Lipinski definition) is 5. The van der Waals surface area contributed by atoms with Gasteiger partial charge in [0.2, 0.25) is 0 Å². The molecule has 0 radical (unpaired) electrons. The number of ether oxygens (including phenoxy) is 2. The van der Waals surface area contributed by atoms with Crippen molar-refractivity contribution in [1.82, 2.24) is 10.6 Å². The Morgan fingerprint density at radius 1 is 0.969 bits per heavy atom. The summed E-state index contributed by atoms with van der Waals surface area (Å²) in [7, 11) is 4.99. The first kappa shape index (κ1) is 22.7. The summed E-state index contributed by atoms with van der Waals surface area (Å²) in [6.07, 6.45) is 2.28. The highest BCUT2D eigenvalue weighted by Crippen LogP contribution is 2.27. The van der Waals surface area contributed by atoms with Gasteiger partial charge in [0, 0.05) is 25.8 Å². The monoisotopic (exact) mass is 436 g/mol. The number of benzene rings is 2. The summed E-state index contributed by atoms with van der Waals surface area (Å²) in [6.45, 7) is 1.31. The summed E-state index contributed by atoms with van der Waals surface area (Å²) >= 11 is 0. The molecule has 0 aliphatic heterocycles. The molecule has 3 aromatic rings. The number of nitrogens with zero attached hydrogens (tertiary/aromatic N) is 1. The molecule has 8 nitrogen and oxygen atoms in total. The summed E-state index contributed by atoms with van der Waals surface area (Å²) in [5, 5.41) is 9.39. The standard InChI is InChI=1S/C24H28N4O4/c1-25-24(26-13-12-17-8-11-20(30-2)22(15-17)31-3)27-16-18-6-9-19(10-7-18)28-23(29)21-5-4-14-32-21/h4-11,14-15H,12-13,16H2,1-3H3,(H,28,29)(H2,25,26,27). The Kier molecular flexibility index (Phi) is 8.14. The molecule has 0 spiro atoms. The van der Waals surface area contributed by atoms with Crippen LogP contribution in [0.4, 0.5) is 5.69 Å². The minimum absolute atomic E-state index is 0.277. The number of carbonyl (C=O) groups excluding carboxylic acids is 1. The molecule has 0 unspecified atom stereocenters.